The molecule has 0 aliphatic rings. The van der Waals surface area contributed by atoms with E-state index in [1.165, 1.54) is 0 Å². The average molecular weight is 242 g/mol. The molecule has 0 fully saturated rings. The lowest BCUT2D eigenvalue weighted by molar-refractivity contribution is -0.384. The summed E-state index contributed by atoms with van der Waals surface area (Å²) in [5, 5.41) is 28.4. The molecule has 94 valence electrons. The van der Waals surface area contributed by atoms with Crippen molar-refractivity contribution in [2.45, 2.75) is 6.42 Å². The highest BCUT2D eigenvalue weighted by atomic mass is 16.6. The van der Waals surface area contributed by atoms with Crippen LogP contribution in [0.2, 0.25) is 0 Å². The van der Waals surface area contributed by atoms with E-state index in [1.807, 2.05) is 0 Å². The van der Waals surface area contributed by atoms with E-state index in [1.54, 1.807) is 0 Å². The molecule has 0 saturated heterocycles. The molecule has 1 aromatic carbocycles. The lowest BCUT2D eigenvalue weighted by atomic mass is 10.2. The highest BCUT2D eigenvalue weighted by Gasteiger charge is 2.03. The Hall–Kier alpha value is -1.99. The number of quaternary nitrogens is 1. The van der Waals surface area contributed by atoms with Crippen LogP contribution < -0.4 is 10.8 Å². The van der Waals surface area contributed by atoms with Gasteiger partial charge in [-0.1, -0.05) is 0 Å². The summed E-state index contributed by atoms with van der Waals surface area (Å²) in [5.74, 6) is -1.34. The topological polar surface area (TPSA) is 131 Å². The van der Waals surface area contributed by atoms with Gasteiger partial charge < -0.3 is 20.7 Å². The Labute approximate surface area is 97.6 Å². The van der Waals surface area contributed by atoms with Gasteiger partial charge in [0.15, 0.2) is 0 Å². The van der Waals surface area contributed by atoms with Crippen LogP contribution in [-0.4, -0.2) is 29.2 Å². The fourth-order valence-electron chi connectivity index (χ4n) is 0.831. The van der Waals surface area contributed by atoms with Crippen LogP contribution in [0.3, 0.4) is 0 Å². The van der Waals surface area contributed by atoms with Gasteiger partial charge in [-0.2, -0.15) is 0 Å². The Bertz CT molecular complexity index is 328. The molecule has 0 amide bonds. The van der Waals surface area contributed by atoms with E-state index in [0.717, 1.165) is 37.2 Å². The second-order valence-electron chi connectivity index (χ2n) is 3.02. The van der Waals surface area contributed by atoms with Gasteiger partial charge in [0.05, 0.1) is 17.4 Å². The Morgan fingerprint density at radius 2 is 1.88 bits per heavy atom. The highest BCUT2D eigenvalue weighted by molar-refractivity contribution is 5.85. The number of carboxylic acid groups (broad SMARTS) is 1. The number of carboxylic acids is 1. The van der Waals surface area contributed by atoms with Crippen molar-refractivity contribution in [3.8, 4) is 0 Å². The maximum Gasteiger partial charge on any atom is 0.269 e. The minimum atomic E-state index is -1.34. The van der Waals surface area contributed by atoms with Crippen LogP contribution in [0.15, 0.2) is 24.3 Å². The van der Waals surface area contributed by atoms with Crippen molar-refractivity contribution in [3.63, 3.8) is 0 Å². The summed E-state index contributed by atoms with van der Waals surface area (Å²) in [4.78, 5) is 19.7. The first kappa shape index (κ1) is 15.0. The molecule has 0 spiro atoms. The van der Waals surface area contributed by atoms with E-state index in [4.69, 9.17) is 5.11 Å². The number of aliphatic hydroxyl groups excluding tert-OH is 1. The molecule has 7 heteroatoms. The smallest absolute Gasteiger partial charge is 0.269 e. The SMILES string of the molecule is O=C([O-])c1ccc([N+](=O)[O-])cc1.[NH3+]CCCO. The van der Waals surface area contributed by atoms with Crippen molar-refractivity contribution in [3.05, 3.63) is 39.9 Å². The first-order valence-electron chi connectivity index (χ1n) is 4.88. The molecule has 1 aromatic rings. The first-order chi connectivity index (χ1) is 8.02. The maximum absolute atomic E-state index is 10.2. The molecule has 0 atom stereocenters. The number of aliphatic hydroxyl groups is 1. The zero-order valence-corrected chi connectivity index (χ0v) is 9.17. The maximum atomic E-state index is 10.2. The summed E-state index contributed by atoms with van der Waals surface area (Å²) in [5.41, 5.74) is 3.31. The minimum Gasteiger partial charge on any atom is -0.545 e. The van der Waals surface area contributed by atoms with Gasteiger partial charge in [0.1, 0.15) is 0 Å². The van der Waals surface area contributed by atoms with Crippen molar-refractivity contribution in [1.29, 1.82) is 0 Å². The molecule has 17 heavy (non-hydrogen) atoms. The quantitative estimate of drug-likeness (QED) is 0.493. The fourth-order valence-corrected chi connectivity index (χ4v) is 0.831. The minimum absolute atomic E-state index is 0.0689. The summed E-state index contributed by atoms with van der Waals surface area (Å²) >= 11 is 0. The molecule has 0 bridgehead atoms. The summed E-state index contributed by atoms with van der Waals surface area (Å²) in [6.07, 6.45) is 0.833. The van der Waals surface area contributed by atoms with Crippen LogP contribution >= 0.6 is 0 Å². The van der Waals surface area contributed by atoms with E-state index in [0.29, 0.717) is 0 Å². The summed E-state index contributed by atoms with van der Waals surface area (Å²) in [6.45, 7) is 1.12. The van der Waals surface area contributed by atoms with Crippen molar-refractivity contribution in [2.75, 3.05) is 13.2 Å². The number of rotatable bonds is 4. The molecule has 0 aliphatic carbocycles. The number of non-ortho nitro benzene ring substituents is 1. The van der Waals surface area contributed by atoms with Crippen LogP contribution in [0.1, 0.15) is 16.8 Å². The fraction of sp³-hybridized carbons (Fsp3) is 0.300. The molecule has 0 aliphatic heterocycles. The second-order valence-corrected chi connectivity index (χ2v) is 3.02. The van der Waals surface area contributed by atoms with E-state index in [2.05, 4.69) is 5.73 Å². The van der Waals surface area contributed by atoms with E-state index < -0.39 is 10.9 Å². The standard InChI is InChI=1S/C7H5NO4.C3H9NO/c9-7(10)5-1-3-6(4-2-5)8(11)12;4-2-1-3-5/h1-4H,(H,9,10);5H,1-4H2. The van der Waals surface area contributed by atoms with E-state index in [-0.39, 0.29) is 17.9 Å². The summed E-state index contributed by atoms with van der Waals surface area (Å²) in [6, 6.07) is 4.50. The molecule has 0 unspecified atom stereocenters. The molecule has 0 aromatic heterocycles. The lowest BCUT2D eigenvalue weighted by Gasteiger charge is -1.99. The Kier molecular flexibility index (Phi) is 7.24. The number of hydrogen-bond donors (Lipinski definition) is 2. The second kappa shape index (κ2) is 8.20. The molecule has 0 saturated carbocycles. The Morgan fingerprint density at radius 1 is 1.35 bits per heavy atom. The molecule has 1 rings (SSSR count). The summed E-state index contributed by atoms with van der Waals surface area (Å²) < 4.78 is 0. The third kappa shape index (κ3) is 6.23. The van der Waals surface area contributed by atoms with Crippen LogP contribution in [-0.2, 0) is 0 Å². The number of carbonyl (C=O) groups is 1. The number of carbonyl (C=O) groups excluding carboxylic acids is 1. The van der Waals surface area contributed by atoms with Crippen molar-refractivity contribution < 1.29 is 25.7 Å². The normalized spacial score (nSPS) is 9.06. The molecule has 7 nitrogen and oxygen atoms in total. The predicted molar refractivity (Wildman–Crippen MR) is 56.9 cm³/mol. The largest absolute Gasteiger partial charge is 0.545 e. The number of hydrogen-bond acceptors (Lipinski definition) is 5. The number of nitro groups is 1. The predicted octanol–water partition coefficient (Wildman–Crippen LogP) is -1.43. The van der Waals surface area contributed by atoms with Gasteiger partial charge in [-0.25, -0.2) is 0 Å². The van der Waals surface area contributed by atoms with Gasteiger partial charge in [0.2, 0.25) is 0 Å². The average Bonchev–Trinajstić information content (AvgIpc) is 2.31. The van der Waals surface area contributed by atoms with Crippen LogP contribution in [0.5, 0.6) is 0 Å². The van der Waals surface area contributed by atoms with Crippen LogP contribution in [0, 0.1) is 10.1 Å². The van der Waals surface area contributed by atoms with Gasteiger partial charge in [0.25, 0.3) is 5.69 Å². The zero-order valence-electron chi connectivity index (χ0n) is 9.17. The van der Waals surface area contributed by atoms with E-state index in [9.17, 15) is 20.0 Å². The highest BCUT2D eigenvalue weighted by Crippen LogP contribution is 2.10. The van der Waals surface area contributed by atoms with Gasteiger partial charge in [-0.15, -0.1) is 0 Å². The van der Waals surface area contributed by atoms with Crippen molar-refractivity contribution in [2.24, 2.45) is 0 Å². The number of benzene rings is 1. The molecule has 4 N–H and O–H groups in total. The Balaban J connectivity index is 0.000000437. The number of aromatic carboxylic acids is 1. The monoisotopic (exact) mass is 242 g/mol. The molecular formula is C10H14N2O5. The third-order valence-electron chi connectivity index (χ3n) is 1.72. The number of nitro benzene ring substituents is 1. The molecule has 0 heterocycles. The van der Waals surface area contributed by atoms with Gasteiger partial charge in [-0.3, -0.25) is 10.1 Å². The lowest BCUT2D eigenvalue weighted by Crippen LogP contribution is -2.50. The summed E-state index contributed by atoms with van der Waals surface area (Å²) in [7, 11) is 0. The van der Waals surface area contributed by atoms with Crippen LogP contribution in [0.25, 0.3) is 0 Å². The van der Waals surface area contributed by atoms with Crippen molar-refractivity contribution in [1.82, 2.24) is 0 Å². The van der Waals surface area contributed by atoms with E-state index >= 15 is 0 Å². The molecular weight excluding hydrogens is 228 g/mol. The van der Waals surface area contributed by atoms with Crippen molar-refractivity contribution >= 4 is 11.7 Å². The van der Waals surface area contributed by atoms with Gasteiger partial charge >= 0.3 is 0 Å². The number of nitrogens with zero attached hydrogens (tertiary/aromatic N) is 1. The van der Waals surface area contributed by atoms with Gasteiger partial charge in [0, 0.05) is 25.2 Å². The third-order valence-corrected chi connectivity index (χ3v) is 1.72. The van der Waals surface area contributed by atoms with Gasteiger partial charge in [-0.05, 0) is 17.7 Å². The Morgan fingerprint density at radius 3 is 2.12 bits per heavy atom. The zero-order chi connectivity index (χ0) is 13.3. The molecule has 0 radical (unpaired) electrons. The van der Waals surface area contributed by atoms with Crippen LogP contribution in [0.4, 0.5) is 5.69 Å². The first-order valence-corrected chi connectivity index (χ1v) is 4.88.